The smallest absolute Gasteiger partial charge is 0.335 e. The van der Waals surface area contributed by atoms with Gasteiger partial charge in [-0.05, 0) is 105 Å². The Morgan fingerprint density at radius 3 is 1.39 bits per heavy atom. The number of benzene rings is 5. The molecule has 0 aliphatic rings. The molecule has 0 saturated carbocycles. The predicted molar refractivity (Wildman–Crippen MR) is 424 cm³/mol. The number of sulfonamides is 1. The van der Waals surface area contributed by atoms with Gasteiger partial charge in [-0.15, -0.1) is 46.4 Å². The van der Waals surface area contributed by atoms with Crippen LogP contribution >= 0.6 is 46.4 Å². The molecule has 0 atom stereocenters. The van der Waals surface area contributed by atoms with E-state index in [1.54, 1.807) is 37.9 Å². The summed E-state index contributed by atoms with van der Waals surface area (Å²) in [5.74, 6) is -2.34. The van der Waals surface area contributed by atoms with E-state index >= 15 is 0 Å². The van der Waals surface area contributed by atoms with E-state index in [9.17, 15) is 51.6 Å². The Morgan fingerprint density at radius 2 is 0.888 bits per heavy atom. The zero-order valence-electron chi connectivity index (χ0n) is 60.8. The number of hydrogen-bond donors (Lipinski definition) is 0. The number of nitrogens with zero attached hydrogens (tertiary/aromatic N) is 4. The Kier molecular flexibility index (Phi) is 49.1. The first-order valence-electron chi connectivity index (χ1n) is 33.1. The maximum atomic E-state index is 11.5. The van der Waals surface area contributed by atoms with Crippen LogP contribution in [-0.2, 0) is 92.9 Å². The van der Waals surface area contributed by atoms with Crippen molar-refractivity contribution in [3.8, 4) is 5.75 Å². The van der Waals surface area contributed by atoms with Crippen LogP contribution in [0.15, 0.2) is 209 Å². The SMILES string of the molecule is C=C(C)C(=O)OCCCN(C)S(=O)(=O)CCCl.C=C(C)C(=O)OCCOC(=O)CCCl.C=CC(=O)OCCCN(C)C(=O)CCCl.C=CC(=O)OCCOC(=O)CCCl.C=CC(=O)OCCn1c2ccccc2c2cc(C=C)ccc21.C=CC(=O)Oc1ccc(N(c2ccccc2)c2ccc(C=C)cc2)cc1. The third-order valence-electron chi connectivity index (χ3n) is 13.7. The van der Waals surface area contributed by atoms with Gasteiger partial charge >= 0.3 is 47.8 Å². The van der Waals surface area contributed by atoms with Gasteiger partial charge in [0.15, 0.2) is 0 Å². The number of esters is 8. The Morgan fingerprint density at radius 1 is 0.458 bits per heavy atom. The van der Waals surface area contributed by atoms with Gasteiger partial charge in [-0.25, -0.2) is 41.5 Å². The molecule has 23 nitrogen and oxygen atoms in total. The molecular weight excluding hydrogens is 1480 g/mol. The second kappa shape index (κ2) is 55.4. The molecule has 0 radical (unpaired) electrons. The summed E-state index contributed by atoms with van der Waals surface area (Å²) in [6, 6.07) is 40.1. The Hall–Kier alpha value is -10.1. The van der Waals surface area contributed by atoms with Gasteiger partial charge in [0.05, 0.1) is 38.4 Å². The highest BCUT2D eigenvalue weighted by Crippen LogP contribution is 2.36. The second-order valence-corrected chi connectivity index (χ2v) is 25.5. The highest BCUT2D eigenvalue weighted by Gasteiger charge is 2.18. The molecule has 6 aromatic rings. The number of amides is 1. The van der Waals surface area contributed by atoms with Gasteiger partial charge in [-0.3, -0.25) is 14.4 Å². The number of carbonyl (C=O) groups is 9. The maximum Gasteiger partial charge on any atom is 0.335 e. The molecule has 578 valence electrons. The van der Waals surface area contributed by atoms with Crippen LogP contribution in [0.25, 0.3) is 34.0 Å². The summed E-state index contributed by atoms with van der Waals surface area (Å²) in [6.45, 7) is 33.3. The number of fused-ring (bicyclic) bond motifs is 3. The lowest BCUT2D eigenvalue weighted by Crippen LogP contribution is -2.31. The topological polar surface area (TPSA) is 276 Å². The van der Waals surface area contributed by atoms with Gasteiger partial charge in [0.2, 0.25) is 15.9 Å². The normalized spacial score (nSPS) is 10.1. The van der Waals surface area contributed by atoms with Gasteiger partial charge < -0.3 is 52.3 Å². The first-order valence-corrected chi connectivity index (χ1v) is 36.8. The van der Waals surface area contributed by atoms with Crippen molar-refractivity contribution in [1.82, 2.24) is 13.8 Å². The van der Waals surface area contributed by atoms with Crippen molar-refractivity contribution in [2.45, 2.75) is 52.5 Å². The number of alkyl halides is 4. The maximum absolute atomic E-state index is 11.5. The van der Waals surface area contributed by atoms with Crippen molar-refractivity contribution in [2.75, 3.05) is 108 Å². The second-order valence-electron chi connectivity index (χ2n) is 21.8. The molecule has 0 spiro atoms. The molecule has 0 unspecified atom stereocenters. The monoisotopic (exact) mass is 1570 g/mol. The highest BCUT2D eigenvalue weighted by molar-refractivity contribution is 7.89. The molecule has 0 bridgehead atoms. The summed E-state index contributed by atoms with van der Waals surface area (Å²) >= 11 is 21.4. The minimum Gasteiger partial charge on any atom is -0.462 e. The summed E-state index contributed by atoms with van der Waals surface area (Å²) in [5.41, 5.74) is 8.08. The summed E-state index contributed by atoms with van der Waals surface area (Å²) in [6.07, 6.45) is 9.87. The van der Waals surface area contributed by atoms with Crippen molar-refractivity contribution >= 4 is 161 Å². The van der Waals surface area contributed by atoms with E-state index < -0.39 is 57.8 Å². The molecule has 1 amide bonds. The van der Waals surface area contributed by atoms with Crippen LogP contribution in [-0.4, -0.2) is 179 Å². The molecule has 5 aromatic carbocycles. The molecule has 28 heteroatoms. The van der Waals surface area contributed by atoms with Crippen LogP contribution in [0.4, 0.5) is 17.1 Å². The van der Waals surface area contributed by atoms with Crippen LogP contribution in [0.2, 0.25) is 0 Å². The zero-order chi connectivity index (χ0) is 80.1. The van der Waals surface area contributed by atoms with Crippen molar-refractivity contribution in [3.05, 3.63) is 221 Å². The number of halogens is 4. The number of anilines is 3. The van der Waals surface area contributed by atoms with E-state index in [0.717, 1.165) is 57.5 Å². The van der Waals surface area contributed by atoms with E-state index in [0.29, 0.717) is 74.9 Å². The van der Waals surface area contributed by atoms with E-state index in [1.165, 1.54) is 28.2 Å². The molecule has 107 heavy (non-hydrogen) atoms. The van der Waals surface area contributed by atoms with Crippen molar-refractivity contribution in [1.29, 1.82) is 0 Å². The van der Waals surface area contributed by atoms with E-state index in [2.05, 4.69) is 117 Å². The number of aromatic nitrogens is 1. The van der Waals surface area contributed by atoms with Gasteiger partial charge in [-0.1, -0.05) is 119 Å². The number of para-hydroxylation sites is 2. The molecule has 0 saturated heterocycles. The molecule has 1 aromatic heterocycles. The third-order valence-corrected chi connectivity index (χ3v) is 16.5. The summed E-state index contributed by atoms with van der Waals surface area (Å²) in [4.78, 5) is 102. The number of hydrogen-bond acceptors (Lipinski definition) is 20. The summed E-state index contributed by atoms with van der Waals surface area (Å²) < 4.78 is 64.8. The van der Waals surface area contributed by atoms with Crippen molar-refractivity contribution in [3.63, 3.8) is 0 Å². The molecular formula is C79H94Cl4N4O19S. The number of carbonyl (C=O) groups excluding carboxylic acids is 9. The van der Waals surface area contributed by atoms with Gasteiger partial charge in [0.25, 0.3) is 0 Å². The minimum absolute atomic E-state index is 0.0000437. The third kappa shape index (κ3) is 39.2. The largest absolute Gasteiger partial charge is 0.462 e. The average molecular weight is 1580 g/mol. The molecule has 0 N–H and O–H groups in total. The van der Waals surface area contributed by atoms with Crippen molar-refractivity contribution < 1.29 is 89.5 Å². The lowest BCUT2D eigenvalue weighted by atomic mass is 10.1. The fraction of sp³-hybridized carbons (Fsp3) is 0.304. The zero-order valence-corrected chi connectivity index (χ0v) is 64.6. The first kappa shape index (κ1) is 94.9. The van der Waals surface area contributed by atoms with Gasteiger partial charge in [-0.2, -0.15) is 0 Å². The summed E-state index contributed by atoms with van der Waals surface area (Å²) in [5, 5.41) is 2.37. The predicted octanol–water partition coefficient (Wildman–Crippen LogP) is 14.4. The molecule has 0 fully saturated rings. The van der Waals surface area contributed by atoms with Crippen LogP contribution < -0.4 is 9.64 Å². The fourth-order valence-electron chi connectivity index (χ4n) is 8.31. The average Bonchev–Trinajstić information content (AvgIpc) is 1.62. The molecule has 1 heterocycles. The lowest BCUT2D eigenvalue weighted by Gasteiger charge is -2.25. The van der Waals surface area contributed by atoms with Crippen LogP contribution in [0, 0.1) is 0 Å². The summed E-state index contributed by atoms with van der Waals surface area (Å²) in [7, 11) is -0.111. The molecule has 0 aliphatic heterocycles. The van der Waals surface area contributed by atoms with E-state index in [4.69, 9.17) is 65.4 Å². The lowest BCUT2D eigenvalue weighted by molar-refractivity contribution is -0.149. The van der Waals surface area contributed by atoms with Gasteiger partial charge in [0.1, 0.15) is 38.8 Å². The van der Waals surface area contributed by atoms with Crippen LogP contribution in [0.1, 0.15) is 57.1 Å². The first-order chi connectivity index (χ1) is 51.1. The highest BCUT2D eigenvalue weighted by atomic mass is 35.5. The van der Waals surface area contributed by atoms with Crippen molar-refractivity contribution in [2.24, 2.45) is 0 Å². The Balaban J connectivity index is 0.000000656. The minimum atomic E-state index is -3.28. The fourth-order valence-corrected chi connectivity index (χ4v) is 10.3. The van der Waals surface area contributed by atoms with Crippen LogP contribution in [0.5, 0.6) is 5.75 Å². The van der Waals surface area contributed by atoms with E-state index in [1.807, 2.05) is 84.9 Å². The van der Waals surface area contributed by atoms with Gasteiger partial charge in [0, 0.05) is 131 Å². The number of ether oxygens (including phenoxy) is 8. The molecule has 6 rings (SSSR count). The Labute approximate surface area is 646 Å². The number of rotatable bonds is 38. The molecule has 0 aliphatic carbocycles. The standard InChI is InChI=1S/C23H19NO2.C19H17NO2.C10H18ClNO4S.C10H16ClNO3.C9H13ClO4.C8H11ClO4/c1-3-18-10-12-20(13-11-18)24(19-8-6-5-7-9-19)21-14-16-22(17-15-21)26-23(25)4-2;1-3-14-9-10-18-16(13-14)15-7-5-6-8-17(15)20(18)11-12-22-19(21)4-2;1-9(2)10(13)16-7-4-6-12(3)17(14,15)8-5-11;1-3-10(14)15-8-4-7-12(2)9(13)5-6-11;1-7(2)9(12)14-6-5-13-8(11)3-4-10;1-2-7(10)12-5-6-13-8(11)3-4-9/h3-17H,1-2H2;3-10,13H,1-2,11-12H2;1,4-8H2,2-3H3;3H,1,4-8H2,2H3;1,3-6H2,2H3;2H,1,3-6H2. The Bertz CT molecular complexity index is 4020. The van der Waals surface area contributed by atoms with E-state index in [-0.39, 0.29) is 75.2 Å². The quantitative estimate of drug-likeness (QED) is 0.00869. The van der Waals surface area contributed by atoms with Crippen LogP contribution in [0.3, 0.4) is 0 Å².